The lowest BCUT2D eigenvalue weighted by Gasteiger charge is -2.28. The predicted octanol–water partition coefficient (Wildman–Crippen LogP) is 4.06. The van der Waals surface area contributed by atoms with Crippen LogP contribution < -0.4 is 10.5 Å². The van der Waals surface area contributed by atoms with Gasteiger partial charge in [-0.15, -0.1) is 0 Å². The zero-order chi connectivity index (χ0) is 24.0. The van der Waals surface area contributed by atoms with Crippen LogP contribution >= 0.6 is 15.9 Å². The molecule has 1 fully saturated rings. The number of hydrogen-bond donors (Lipinski definition) is 3. The number of anilines is 1. The summed E-state index contributed by atoms with van der Waals surface area (Å²) in [5.41, 5.74) is 8.56. The minimum atomic E-state index is -2.81. The first-order chi connectivity index (χ1) is 16.4. The number of thiol groups is 1. The number of rotatable bonds is 8. The van der Waals surface area contributed by atoms with Crippen LogP contribution in [0.5, 0.6) is 0 Å². The first-order valence-corrected chi connectivity index (χ1v) is 13.2. The van der Waals surface area contributed by atoms with Gasteiger partial charge >= 0.3 is 0 Å². The minimum Gasteiger partial charge on any atom is -0.455 e. The molecule has 2 aromatic carbocycles. The molecule has 10 heteroatoms. The van der Waals surface area contributed by atoms with E-state index in [9.17, 15) is 13.2 Å². The van der Waals surface area contributed by atoms with Crippen LogP contribution in [0.25, 0.3) is 22.3 Å². The number of primary amides is 1. The van der Waals surface area contributed by atoms with Crippen LogP contribution in [-0.2, 0) is 22.2 Å². The highest BCUT2D eigenvalue weighted by atomic mass is 79.9. The maximum Gasteiger partial charge on any atom is 0.242 e. The lowest BCUT2D eigenvalue weighted by atomic mass is 10.0. The second kappa shape index (κ2) is 9.07. The van der Waals surface area contributed by atoms with Gasteiger partial charge in [-0.1, -0.05) is 25.1 Å². The molecule has 1 aliphatic heterocycles. The Hall–Kier alpha value is -2.85. The molecule has 1 saturated carbocycles. The van der Waals surface area contributed by atoms with E-state index in [1.807, 2.05) is 36.1 Å². The first kappa shape index (κ1) is 22.9. The van der Waals surface area contributed by atoms with Crippen molar-refractivity contribution in [1.82, 2.24) is 4.90 Å². The topological polar surface area (TPSA) is 118 Å². The molecule has 5 rings (SSSR count). The molecule has 1 amide bonds. The standard InChI is InChI=1S/C24H25BrN4O4S/c1-2-19-27-21(14-8-9-14)22(24(26)30)29(19)12-13-7-10-18-16(11-13)20(25)23(33-18)15-5-3-4-6-17(15)28-34(31)32/h3-7,10-11,14,21-22,34H,2,8-9,12H2,1H3,(H2,26,30)(H,28,31,32). The number of nitrogens with zero attached hydrogens (tertiary/aromatic N) is 2. The van der Waals surface area contributed by atoms with Gasteiger partial charge in [0.05, 0.1) is 16.2 Å². The molecule has 2 aliphatic rings. The third-order valence-corrected chi connectivity index (χ3v) is 7.64. The summed E-state index contributed by atoms with van der Waals surface area (Å²) in [5.74, 6) is 1.56. The van der Waals surface area contributed by atoms with Crippen LogP contribution in [0.1, 0.15) is 31.7 Å². The van der Waals surface area contributed by atoms with Crippen molar-refractivity contribution < 1.29 is 17.6 Å². The largest absolute Gasteiger partial charge is 0.455 e. The number of amides is 1. The van der Waals surface area contributed by atoms with E-state index in [2.05, 4.69) is 20.7 Å². The SMILES string of the molecule is CCC1=NC(C2CC2)C(C(N)=O)N1Cc1ccc2oc(-c3ccccc3N[SH](=O)=O)c(Br)c2c1. The van der Waals surface area contributed by atoms with Gasteiger partial charge in [0.25, 0.3) is 0 Å². The van der Waals surface area contributed by atoms with Crippen LogP contribution in [-0.4, -0.2) is 37.1 Å². The number of benzene rings is 2. The molecule has 1 aliphatic carbocycles. The van der Waals surface area contributed by atoms with Gasteiger partial charge in [-0.3, -0.25) is 14.5 Å². The van der Waals surface area contributed by atoms with Gasteiger partial charge in [0.1, 0.15) is 17.5 Å². The molecule has 2 unspecified atom stereocenters. The Kier molecular flexibility index (Phi) is 6.11. The van der Waals surface area contributed by atoms with Crippen LogP contribution in [0.2, 0.25) is 0 Å². The van der Waals surface area contributed by atoms with Crippen LogP contribution in [0, 0.1) is 5.92 Å². The molecule has 2 heterocycles. The lowest BCUT2D eigenvalue weighted by Crippen LogP contribution is -2.48. The quantitative estimate of drug-likeness (QED) is 0.369. The number of amidine groups is 1. The van der Waals surface area contributed by atoms with Crippen molar-refractivity contribution in [1.29, 1.82) is 0 Å². The summed E-state index contributed by atoms with van der Waals surface area (Å²) in [6.45, 7) is 2.56. The maximum absolute atomic E-state index is 12.4. The Morgan fingerprint density at radius 1 is 1.26 bits per heavy atom. The van der Waals surface area contributed by atoms with Gasteiger partial charge in [-0.05, 0) is 64.5 Å². The van der Waals surface area contributed by atoms with Crippen molar-refractivity contribution in [3.63, 3.8) is 0 Å². The molecule has 8 nitrogen and oxygen atoms in total. The predicted molar refractivity (Wildman–Crippen MR) is 136 cm³/mol. The molecule has 2 atom stereocenters. The van der Waals surface area contributed by atoms with E-state index >= 15 is 0 Å². The number of hydrogen-bond acceptors (Lipinski definition) is 6. The first-order valence-electron chi connectivity index (χ1n) is 11.2. The smallest absolute Gasteiger partial charge is 0.242 e. The highest BCUT2D eigenvalue weighted by molar-refractivity contribution is 9.10. The molecular formula is C24H25BrN4O4S. The molecule has 3 N–H and O–H groups in total. The van der Waals surface area contributed by atoms with Gasteiger partial charge in [0.15, 0.2) is 5.76 Å². The van der Waals surface area contributed by atoms with Gasteiger partial charge in [0.2, 0.25) is 16.8 Å². The van der Waals surface area contributed by atoms with Crippen molar-refractivity contribution >= 4 is 55.2 Å². The highest BCUT2D eigenvalue weighted by Gasteiger charge is 2.46. The second-order valence-electron chi connectivity index (χ2n) is 8.69. The summed E-state index contributed by atoms with van der Waals surface area (Å²) >= 11 is 3.65. The third-order valence-electron chi connectivity index (χ3n) is 6.43. The highest BCUT2D eigenvalue weighted by Crippen LogP contribution is 2.42. The van der Waals surface area contributed by atoms with Crippen molar-refractivity contribution in [2.75, 3.05) is 4.72 Å². The Balaban J connectivity index is 1.49. The van der Waals surface area contributed by atoms with Crippen molar-refractivity contribution in [3.05, 3.63) is 52.5 Å². The van der Waals surface area contributed by atoms with Gasteiger partial charge < -0.3 is 15.1 Å². The number of nitrogens with two attached hydrogens (primary N) is 1. The molecule has 34 heavy (non-hydrogen) atoms. The average Bonchev–Trinajstić information content (AvgIpc) is 3.51. The second-order valence-corrected chi connectivity index (χ2v) is 10.2. The Morgan fingerprint density at radius 2 is 2.03 bits per heavy atom. The normalized spacial score (nSPS) is 20.2. The van der Waals surface area contributed by atoms with E-state index in [0.29, 0.717) is 35.1 Å². The fraction of sp³-hybridized carbons (Fsp3) is 0.333. The molecule has 1 aromatic heterocycles. The summed E-state index contributed by atoms with van der Waals surface area (Å²) in [6, 6.07) is 12.5. The number of halogens is 1. The average molecular weight is 545 g/mol. The summed E-state index contributed by atoms with van der Waals surface area (Å²) in [6.07, 6.45) is 2.92. The lowest BCUT2D eigenvalue weighted by molar-refractivity contribution is -0.122. The zero-order valence-electron chi connectivity index (χ0n) is 18.5. The molecular weight excluding hydrogens is 520 g/mol. The van der Waals surface area contributed by atoms with E-state index in [4.69, 9.17) is 15.1 Å². The van der Waals surface area contributed by atoms with Gasteiger partial charge in [-0.25, -0.2) is 8.42 Å². The monoisotopic (exact) mass is 544 g/mol. The van der Waals surface area contributed by atoms with Crippen molar-refractivity contribution in [2.24, 2.45) is 16.6 Å². The Bertz CT molecular complexity index is 1370. The summed E-state index contributed by atoms with van der Waals surface area (Å²) in [4.78, 5) is 19.3. The number of aliphatic imine (C=N–C) groups is 1. The Labute approximate surface area is 207 Å². The molecule has 0 radical (unpaired) electrons. The number of para-hydroxylation sites is 1. The Morgan fingerprint density at radius 3 is 2.71 bits per heavy atom. The summed E-state index contributed by atoms with van der Waals surface area (Å²) in [7, 11) is -2.81. The summed E-state index contributed by atoms with van der Waals surface area (Å²) in [5, 5.41) is 0.859. The van der Waals surface area contributed by atoms with Gasteiger partial charge in [0, 0.05) is 23.9 Å². The van der Waals surface area contributed by atoms with E-state index in [1.54, 1.807) is 18.2 Å². The molecule has 178 valence electrons. The molecule has 0 saturated heterocycles. The van der Waals surface area contributed by atoms with E-state index in [1.165, 1.54) is 0 Å². The van der Waals surface area contributed by atoms with E-state index in [-0.39, 0.29) is 11.9 Å². The number of nitrogens with one attached hydrogen (secondary N) is 1. The third kappa shape index (κ3) is 4.20. The minimum absolute atomic E-state index is 0.0556. The zero-order valence-corrected chi connectivity index (χ0v) is 21.0. The number of carbonyl (C=O) groups excluding carboxylic acids is 1. The fourth-order valence-electron chi connectivity index (χ4n) is 4.73. The van der Waals surface area contributed by atoms with Crippen LogP contribution in [0.3, 0.4) is 0 Å². The van der Waals surface area contributed by atoms with Crippen molar-refractivity contribution in [3.8, 4) is 11.3 Å². The molecule has 0 bridgehead atoms. The number of fused-ring (bicyclic) bond motifs is 1. The van der Waals surface area contributed by atoms with Crippen LogP contribution in [0.4, 0.5) is 5.69 Å². The summed E-state index contributed by atoms with van der Waals surface area (Å²) < 4.78 is 31.8. The molecule has 0 spiro atoms. The van der Waals surface area contributed by atoms with E-state index < -0.39 is 16.9 Å². The number of carbonyl (C=O) groups is 1. The number of furan rings is 1. The van der Waals surface area contributed by atoms with E-state index in [0.717, 1.165) is 40.5 Å². The molecule has 3 aromatic rings. The fourth-order valence-corrected chi connectivity index (χ4v) is 5.72. The maximum atomic E-state index is 12.4. The van der Waals surface area contributed by atoms with Crippen LogP contribution in [0.15, 0.2) is 56.3 Å². The van der Waals surface area contributed by atoms with Gasteiger partial charge in [-0.2, -0.15) is 0 Å². The van der Waals surface area contributed by atoms with Crippen molar-refractivity contribution in [2.45, 2.75) is 44.8 Å².